The van der Waals surface area contributed by atoms with Crippen molar-refractivity contribution in [2.45, 2.75) is 76.0 Å². The van der Waals surface area contributed by atoms with Crippen molar-refractivity contribution in [3.05, 3.63) is 11.7 Å². The Morgan fingerprint density at radius 2 is 2.12 bits per heavy atom. The molecule has 1 aromatic rings. The maximum absolute atomic E-state index is 12.1. The minimum Gasteiger partial charge on any atom is -0.352 e. The summed E-state index contributed by atoms with van der Waals surface area (Å²) in [5.41, 5.74) is 0. The van der Waals surface area contributed by atoms with Crippen molar-refractivity contribution in [3.63, 3.8) is 0 Å². The molecule has 1 aliphatic heterocycles. The van der Waals surface area contributed by atoms with Crippen LogP contribution in [0.2, 0.25) is 0 Å². The summed E-state index contributed by atoms with van der Waals surface area (Å²) < 4.78 is 5.34. The van der Waals surface area contributed by atoms with Crippen LogP contribution in [0.15, 0.2) is 4.52 Å². The van der Waals surface area contributed by atoms with Gasteiger partial charge in [-0.3, -0.25) is 9.69 Å². The molecule has 0 bridgehead atoms. The van der Waals surface area contributed by atoms with Crippen LogP contribution in [0.1, 0.15) is 63.1 Å². The molecular weight excluding hydrogens is 306 g/mol. The molecule has 7 nitrogen and oxygen atoms in total. The van der Waals surface area contributed by atoms with E-state index in [9.17, 15) is 4.79 Å². The minimum atomic E-state index is -0.137. The number of hydrogen-bond donors (Lipinski definition) is 2. The second-order valence-electron chi connectivity index (χ2n) is 7.57. The quantitative estimate of drug-likeness (QED) is 0.779. The summed E-state index contributed by atoms with van der Waals surface area (Å²) in [6.07, 6.45) is 6.85. The first-order valence-electron chi connectivity index (χ1n) is 9.28. The van der Waals surface area contributed by atoms with E-state index in [0.29, 0.717) is 18.0 Å². The van der Waals surface area contributed by atoms with Crippen molar-refractivity contribution in [1.82, 2.24) is 25.7 Å². The number of hydrogen-bond acceptors (Lipinski definition) is 6. The molecule has 1 saturated heterocycles. The van der Waals surface area contributed by atoms with Gasteiger partial charge in [0.1, 0.15) is 0 Å². The SMILES string of the molecule is C[C@@H](N[C@H]1CCCN(Cc2noc(C3CC3)n2)C1)C(=O)NC1CC1. The molecule has 0 radical (unpaired) electrons. The molecule has 2 saturated carbocycles. The fourth-order valence-corrected chi connectivity index (χ4v) is 3.35. The maximum atomic E-state index is 12.1. The van der Waals surface area contributed by atoms with E-state index < -0.39 is 0 Å². The molecule has 132 valence electrons. The van der Waals surface area contributed by atoms with Crippen molar-refractivity contribution >= 4 is 5.91 Å². The number of amides is 1. The van der Waals surface area contributed by atoms with Crippen molar-refractivity contribution in [2.75, 3.05) is 13.1 Å². The number of carbonyl (C=O) groups is 1. The van der Waals surface area contributed by atoms with Crippen LogP contribution in [-0.4, -0.2) is 52.2 Å². The summed E-state index contributed by atoms with van der Waals surface area (Å²) >= 11 is 0. The minimum absolute atomic E-state index is 0.127. The Labute approximate surface area is 142 Å². The Morgan fingerprint density at radius 1 is 1.29 bits per heavy atom. The summed E-state index contributed by atoms with van der Waals surface area (Å²) in [6.45, 7) is 4.66. The van der Waals surface area contributed by atoms with Gasteiger partial charge >= 0.3 is 0 Å². The van der Waals surface area contributed by atoms with Gasteiger partial charge in [-0.2, -0.15) is 4.98 Å². The summed E-state index contributed by atoms with van der Waals surface area (Å²) in [4.78, 5) is 19.0. The highest BCUT2D eigenvalue weighted by Gasteiger charge is 2.31. The predicted octanol–water partition coefficient (Wildman–Crippen LogP) is 1.17. The highest BCUT2D eigenvalue weighted by molar-refractivity contribution is 5.81. The third kappa shape index (κ3) is 4.13. The highest BCUT2D eigenvalue weighted by Crippen LogP contribution is 2.38. The van der Waals surface area contributed by atoms with Crippen LogP contribution in [-0.2, 0) is 11.3 Å². The zero-order valence-electron chi connectivity index (χ0n) is 14.3. The van der Waals surface area contributed by atoms with E-state index in [-0.39, 0.29) is 11.9 Å². The lowest BCUT2D eigenvalue weighted by atomic mass is 10.0. The molecule has 2 aliphatic carbocycles. The summed E-state index contributed by atoms with van der Waals surface area (Å²) in [6, 6.07) is 0.624. The Bertz CT molecular complexity index is 581. The van der Waals surface area contributed by atoms with Gasteiger partial charge in [0, 0.05) is 24.5 Å². The van der Waals surface area contributed by atoms with Gasteiger partial charge in [-0.25, -0.2) is 0 Å². The molecule has 1 aromatic heterocycles. The molecule has 24 heavy (non-hydrogen) atoms. The van der Waals surface area contributed by atoms with Gasteiger partial charge in [0.05, 0.1) is 12.6 Å². The van der Waals surface area contributed by atoms with Crippen molar-refractivity contribution < 1.29 is 9.32 Å². The molecule has 0 unspecified atom stereocenters. The molecule has 2 heterocycles. The zero-order chi connectivity index (χ0) is 16.5. The van der Waals surface area contributed by atoms with Gasteiger partial charge in [-0.1, -0.05) is 5.16 Å². The first-order valence-corrected chi connectivity index (χ1v) is 9.28. The number of rotatable bonds is 7. The van der Waals surface area contributed by atoms with E-state index in [0.717, 1.165) is 57.0 Å². The molecule has 4 rings (SSSR count). The van der Waals surface area contributed by atoms with Crippen LogP contribution in [0.3, 0.4) is 0 Å². The fraction of sp³-hybridized carbons (Fsp3) is 0.824. The van der Waals surface area contributed by atoms with E-state index in [4.69, 9.17) is 4.52 Å². The first kappa shape index (κ1) is 16.0. The summed E-state index contributed by atoms with van der Waals surface area (Å²) in [5.74, 6) is 2.23. The number of nitrogens with one attached hydrogen (secondary N) is 2. The number of carbonyl (C=O) groups excluding carboxylic acids is 1. The zero-order valence-corrected chi connectivity index (χ0v) is 14.3. The predicted molar refractivity (Wildman–Crippen MR) is 88.3 cm³/mol. The number of likely N-dealkylation sites (tertiary alicyclic amines) is 1. The summed E-state index contributed by atoms with van der Waals surface area (Å²) in [7, 11) is 0. The number of piperidine rings is 1. The van der Waals surface area contributed by atoms with Crippen LogP contribution in [0.5, 0.6) is 0 Å². The van der Waals surface area contributed by atoms with E-state index in [1.165, 1.54) is 12.8 Å². The second-order valence-corrected chi connectivity index (χ2v) is 7.57. The lowest BCUT2D eigenvalue weighted by Gasteiger charge is -2.33. The van der Waals surface area contributed by atoms with Crippen LogP contribution < -0.4 is 10.6 Å². The Kier molecular flexibility index (Phi) is 4.54. The lowest BCUT2D eigenvalue weighted by Crippen LogP contribution is -2.52. The van der Waals surface area contributed by atoms with Gasteiger partial charge < -0.3 is 15.2 Å². The van der Waals surface area contributed by atoms with Gasteiger partial charge in [-0.15, -0.1) is 0 Å². The smallest absolute Gasteiger partial charge is 0.237 e. The van der Waals surface area contributed by atoms with Gasteiger partial charge in [0.15, 0.2) is 5.82 Å². The first-order chi connectivity index (χ1) is 11.7. The van der Waals surface area contributed by atoms with Crippen molar-refractivity contribution in [2.24, 2.45) is 0 Å². The lowest BCUT2D eigenvalue weighted by molar-refractivity contribution is -0.123. The van der Waals surface area contributed by atoms with Gasteiger partial charge in [0.25, 0.3) is 0 Å². The highest BCUT2D eigenvalue weighted by atomic mass is 16.5. The monoisotopic (exact) mass is 333 g/mol. The molecule has 0 aromatic carbocycles. The Balaban J connectivity index is 1.25. The Morgan fingerprint density at radius 3 is 2.88 bits per heavy atom. The molecule has 0 spiro atoms. The summed E-state index contributed by atoms with van der Waals surface area (Å²) in [5, 5.41) is 10.7. The molecule has 3 fully saturated rings. The van der Waals surface area contributed by atoms with E-state index >= 15 is 0 Å². The van der Waals surface area contributed by atoms with Gasteiger partial charge in [0.2, 0.25) is 11.8 Å². The largest absolute Gasteiger partial charge is 0.352 e. The van der Waals surface area contributed by atoms with Crippen LogP contribution in [0, 0.1) is 0 Å². The maximum Gasteiger partial charge on any atom is 0.237 e. The van der Waals surface area contributed by atoms with Crippen LogP contribution in [0.25, 0.3) is 0 Å². The normalized spacial score (nSPS) is 26.3. The van der Waals surface area contributed by atoms with E-state index in [1.807, 2.05) is 6.92 Å². The van der Waals surface area contributed by atoms with Crippen LogP contribution in [0.4, 0.5) is 0 Å². The average Bonchev–Trinajstić information content (AvgIpc) is 3.49. The second kappa shape index (κ2) is 6.80. The number of aromatic nitrogens is 2. The average molecular weight is 333 g/mol. The van der Waals surface area contributed by atoms with E-state index in [1.54, 1.807) is 0 Å². The number of nitrogens with zero attached hydrogens (tertiary/aromatic N) is 3. The third-order valence-corrected chi connectivity index (χ3v) is 5.08. The molecule has 2 atom stereocenters. The Hall–Kier alpha value is -1.47. The topological polar surface area (TPSA) is 83.3 Å². The molecular formula is C17H27N5O2. The van der Waals surface area contributed by atoms with Crippen molar-refractivity contribution in [3.8, 4) is 0 Å². The van der Waals surface area contributed by atoms with Gasteiger partial charge in [-0.05, 0) is 52.0 Å². The molecule has 7 heteroatoms. The van der Waals surface area contributed by atoms with Crippen molar-refractivity contribution in [1.29, 1.82) is 0 Å². The standard InChI is InChI=1S/C17H27N5O2/c1-11(16(23)19-13-6-7-13)18-14-3-2-8-22(9-14)10-15-20-17(24-21-15)12-4-5-12/h11-14,18H,2-10H2,1H3,(H,19,23)/t11-,14+/m1/s1. The fourth-order valence-electron chi connectivity index (χ4n) is 3.35. The molecule has 3 aliphatic rings. The van der Waals surface area contributed by atoms with Crippen LogP contribution >= 0.6 is 0 Å². The molecule has 2 N–H and O–H groups in total. The molecule has 1 amide bonds. The van der Waals surface area contributed by atoms with E-state index in [2.05, 4.69) is 25.7 Å². The third-order valence-electron chi connectivity index (χ3n) is 5.08.